The number of rotatable bonds is 14. The van der Waals surface area contributed by atoms with E-state index >= 15 is 0 Å². The Morgan fingerprint density at radius 1 is 0.676 bits per heavy atom. The molecule has 0 bridgehead atoms. The van der Waals surface area contributed by atoms with Crippen LogP contribution in [0.25, 0.3) is 0 Å². The zero-order chi connectivity index (χ0) is 25.3. The van der Waals surface area contributed by atoms with Crippen LogP contribution in [0.5, 0.6) is 11.5 Å². The topological polar surface area (TPSA) is 47.7 Å². The molecule has 0 saturated heterocycles. The van der Waals surface area contributed by atoms with Gasteiger partial charge in [0.1, 0.15) is 24.7 Å². The predicted molar refractivity (Wildman–Crippen MR) is 146 cm³/mol. The molecule has 2 unspecified atom stereocenters. The van der Waals surface area contributed by atoms with E-state index in [1.807, 2.05) is 0 Å². The highest BCUT2D eigenvalue weighted by atomic mass is 16.5. The van der Waals surface area contributed by atoms with Crippen LogP contribution in [0.1, 0.15) is 100 Å². The van der Waals surface area contributed by atoms with E-state index in [9.17, 15) is 0 Å². The molecule has 0 heterocycles. The van der Waals surface area contributed by atoms with Crippen molar-refractivity contribution in [3.63, 3.8) is 0 Å². The van der Waals surface area contributed by atoms with Crippen LogP contribution < -0.4 is 15.2 Å². The number of nitrogens with zero attached hydrogens (tertiary/aromatic N) is 1. The van der Waals surface area contributed by atoms with Gasteiger partial charge < -0.3 is 20.1 Å². The monoisotopic (exact) mass is 468 g/mol. The summed E-state index contributed by atoms with van der Waals surface area (Å²) in [6.45, 7) is 16.5. The van der Waals surface area contributed by atoms with Gasteiger partial charge in [-0.2, -0.15) is 0 Å². The van der Waals surface area contributed by atoms with Gasteiger partial charge in [0, 0.05) is 13.1 Å². The summed E-state index contributed by atoms with van der Waals surface area (Å²) in [6.07, 6.45) is 2.29. The minimum atomic E-state index is 0.458. The molecule has 0 aliphatic heterocycles. The lowest BCUT2D eigenvalue weighted by Crippen LogP contribution is -2.19. The van der Waals surface area contributed by atoms with Gasteiger partial charge in [-0.25, -0.2) is 0 Å². The van der Waals surface area contributed by atoms with E-state index < -0.39 is 0 Å². The highest BCUT2D eigenvalue weighted by Crippen LogP contribution is 2.36. The zero-order valence-electron chi connectivity index (χ0n) is 22.9. The third-order valence-electron chi connectivity index (χ3n) is 6.65. The van der Waals surface area contributed by atoms with Crippen LogP contribution in [0.4, 0.5) is 0 Å². The van der Waals surface area contributed by atoms with Gasteiger partial charge in [0.2, 0.25) is 0 Å². The quantitative estimate of drug-likeness (QED) is 0.328. The van der Waals surface area contributed by atoms with Crippen molar-refractivity contribution < 1.29 is 9.47 Å². The molecule has 0 aromatic heterocycles. The minimum absolute atomic E-state index is 0.458. The first kappa shape index (κ1) is 28.2. The Hall–Kier alpha value is -2.04. The van der Waals surface area contributed by atoms with Crippen LogP contribution in [0.15, 0.2) is 36.4 Å². The second-order valence-electron chi connectivity index (χ2n) is 10.6. The Morgan fingerprint density at radius 3 is 1.71 bits per heavy atom. The minimum Gasteiger partial charge on any atom is -0.492 e. The lowest BCUT2D eigenvalue weighted by molar-refractivity contribution is 0.261. The lowest BCUT2D eigenvalue weighted by atomic mass is 9.82. The molecule has 0 spiro atoms. The highest BCUT2D eigenvalue weighted by Gasteiger charge is 2.19. The Labute approximate surface area is 208 Å². The van der Waals surface area contributed by atoms with Gasteiger partial charge in [-0.05, 0) is 97.1 Å². The van der Waals surface area contributed by atoms with Gasteiger partial charge in [0.15, 0.2) is 0 Å². The van der Waals surface area contributed by atoms with Crippen LogP contribution in [-0.2, 0) is 0 Å². The Kier molecular flexibility index (Phi) is 11.4. The smallest absolute Gasteiger partial charge is 0.119 e. The molecule has 0 aliphatic carbocycles. The molecule has 0 amide bonds. The van der Waals surface area contributed by atoms with Gasteiger partial charge in [-0.1, -0.05) is 53.7 Å². The Morgan fingerprint density at radius 2 is 1.18 bits per heavy atom. The van der Waals surface area contributed by atoms with Crippen molar-refractivity contribution in [3.8, 4) is 11.5 Å². The number of benzene rings is 2. The molecule has 34 heavy (non-hydrogen) atoms. The number of likely N-dealkylation sites (N-methyl/N-ethyl adjacent to an activating group) is 1. The van der Waals surface area contributed by atoms with E-state index in [0.717, 1.165) is 30.9 Å². The van der Waals surface area contributed by atoms with Crippen LogP contribution in [0.2, 0.25) is 0 Å². The molecule has 2 atom stereocenters. The third kappa shape index (κ3) is 8.32. The van der Waals surface area contributed by atoms with Gasteiger partial charge in [0.05, 0.1) is 0 Å². The van der Waals surface area contributed by atoms with Crippen molar-refractivity contribution in [1.82, 2.24) is 4.90 Å². The van der Waals surface area contributed by atoms with Crippen molar-refractivity contribution in [1.29, 1.82) is 0 Å². The van der Waals surface area contributed by atoms with Gasteiger partial charge in [0.25, 0.3) is 0 Å². The Bertz CT molecular complexity index is 876. The largest absolute Gasteiger partial charge is 0.492 e. The van der Waals surface area contributed by atoms with Crippen LogP contribution >= 0.6 is 0 Å². The first-order valence-corrected chi connectivity index (χ1v) is 13.0. The van der Waals surface area contributed by atoms with Crippen LogP contribution in [0.3, 0.4) is 0 Å². The molecule has 2 aromatic rings. The van der Waals surface area contributed by atoms with E-state index in [0.29, 0.717) is 43.4 Å². The molecule has 4 heteroatoms. The maximum atomic E-state index is 6.06. The summed E-state index contributed by atoms with van der Waals surface area (Å²) in [5, 5.41) is 0. The molecule has 2 N–H and O–H groups in total. The molecule has 2 rings (SSSR count). The fraction of sp³-hybridized carbons (Fsp3) is 0.600. The van der Waals surface area contributed by atoms with E-state index in [1.54, 1.807) is 0 Å². The molecule has 0 radical (unpaired) electrons. The Balaban J connectivity index is 2.14. The molecule has 0 fully saturated rings. The second-order valence-corrected chi connectivity index (χ2v) is 10.6. The average molecular weight is 469 g/mol. The van der Waals surface area contributed by atoms with Crippen LogP contribution in [-0.4, -0.2) is 45.3 Å². The molecule has 190 valence electrons. The van der Waals surface area contributed by atoms with E-state index in [-0.39, 0.29) is 0 Å². The fourth-order valence-electron chi connectivity index (χ4n) is 4.52. The molecular weight excluding hydrogens is 420 g/mol. The van der Waals surface area contributed by atoms with Crippen molar-refractivity contribution in [2.75, 3.05) is 40.4 Å². The molecular formula is C30H48N2O2. The second kappa shape index (κ2) is 13.7. The van der Waals surface area contributed by atoms with Crippen molar-refractivity contribution >= 4 is 0 Å². The normalized spacial score (nSPS) is 13.5. The first-order valence-electron chi connectivity index (χ1n) is 13.0. The number of hydrogen-bond acceptors (Lipinski definition) is 4. The zero-order valence-corrected chi connectivity index (χ0v) is 22.9. The molecule has 4 nitrogen and oxygen atoms in total. The highest BCUT2D eigenvalue weighted by molar-refractivity contribution is 5.41. The van der Waals surface area contributed by atoms with E-state index in [2.05, 4.69) is 96.9 Å². The average Bonchev–Trinajstić information content (AvgIpc) is 2.80. The van der Waals surface area contributed by atoms with Gasteiger partial charge >= 0.3 is 0 Å². The van der Waals surface area contributed by atoms with Gasteiger partial charge in [-0.15, -0.1) is 0 Å². The summed E-state index contributed by atoms with van der Waals surface area (Å²) in [4.78, 5) is 2.15. The molecule has 2 aromatic carbocycles. The number of hydrogen-bond donors (Lipinski definition) is 1. The first-order chi connectivity index (χ1) is 16.1. The van der Waals surface area contributed by atoms with Gasteiger partial charge in [-0.3, -0.25) is 0 Å². The molecule has 0 saturated carbocycles. The summed E-state index contributed by atoms with van der Waals surface area (Å²) in [5.74, 6) is 3.83. The summed E-state index contributed by atoms with van der Waals surface area (Å²) in [6, 6.07) is 13.2. The summed E-state index contributed by atoms with van der Waals surface area (Å²) in [5.41, 5.74) is 11.3. The third-order valence-corrected chi connectivity index (χ3v) is 6.65. The van der Waals surface area contributed by atoms with E-state index in [4.69, 9.17) is 15.2 Å². The van der Waals surface area contributed by atoms with Crippen LogP contribution in [0, 0.1) is 0 Å². The summed E-state index contributed by atoms with van der Waals surface area (Å²) < 4.78 is 11.8. The fourth-order valence-corrected chi connectivity index (χ4v) is 4.52. The summed E-state index contributed by atoms with van der Waals surface area (Å²) >= 11 is 0. The summed E-state index contributed by atoms with van der Waals surface area (Å²) in [7, 11) is 4.15. The molecule has 0 aliphatic rings. The standard InChI is InChI=1S/C30H48N2O2/c1-21(2)27-13-11-26(34-18-16-32(7)8)20-30(27)24(6)10-9-23(5)28-14-12-25(33-17-15-31)19-29(28)22(3)4/h11-14,19-24H,9-10,15-18,31H2,1-8H3. The van der Waals surface area contributed by atoms with Crippen molar-refractivity contribution in [3.05, 3.63) is 58.7 Å². The van der Waals surface area contributed by atoms with Crippen molar-refractivity contribution in [2.45, 2.75) is 78.1 Å². The SMILES string of the molecule is CC(C)c1cc(OCCN)ccc1C(C)CCC(C)c1cc(OCCN(C)C)ccc1C(C)C. The maximum Gasteiger partial charge on any atom is 0.119 e. The predicted octanol–water partition coefficient (Wildman–Crippen LogP) is 6.90. The van der Waals surface area contributed by atoms with Crippen molar-refractivity contribution in [2.24, 2.45) is 5.73 Å². The number of nitrogens with two attached hydrogens (primary N) is 1. The number of ether oxygens (including phenoxy) is 2. The lowest BCUT2D eigenvalue weighted by Gasteiger charge is -2.24. The van der Waals surface area contributed by atoms with E-state index in [1.165, 1.54) is 22.3 Å². The maximum absolute atomic E-state index is 6.06.